The molecule has 1 atom stereocenters. The standard InChI is InChI=1S/C16H19NO.C7H7BrOS/c18-15-6-8-16(11-13-4-2-1-3-5-13)12-17-9-7-14(16)10-15;1-9-6-3-2-5(8)4-7(6)10/h1-5,10,17H,6-9,11-12H2;2-4,10H,1H3. The molecule has 2 aromatic rings. The van der Waals surface area contributed by atoms with Gasteiger partial charge >= 0.3 is 0 Å². The van der Waals surface area contributed by atoms with Crippen LogP contribution in [0.15, 0.2) is 69.5 Å². The quantitative estimate of drug-likeness (QED) is 0.615. The molecule has 0 amide bonds. The molecule has 3 nitrogen and oxygen atoms in total. The topological polar surface area (TPSA) is 38.3 Å². The molecule has 1 aliphatic heterocycles. The lowest BCUT2D eigenvalue weighted by Crippen LogP contribution is -2.45. The van der Waals surface area contributed by atoms with Gasteiger partial charge in [0, 0.05) is 27.7 Å². The van der Waals surface area contributed by atoms with Crippen molar-refractivity contribution in [2.45, 2.75) is 30.6 Å². The first kappa shape index (κ1) is 21.2. The van der Waals surface area contributed by atoms with E-state index >= 15 is 0 Å². The van der Waals surface area contributed by atoms with Crippen molar-refractivity contribution in [3.63, 3.8) is 0 Å². The fourth-order valence-corrected chi connectivity index (χ4v) is 4.79. The van der Waals surface area contributed by atoms with Gasteiger partial charge in [0.1, 0.15) is 5.75 Å². The lowest BCUT2D eigenvalue weighted by molar-refractivity contribution is -0.115. The van der Waals surface area contributed by atoms with Gasteiger partial charge in [0.15, 0.2) is 5.78 Å². The highest BCUT2D eigenvalue weighted by molar-refractivity contribution is 9.10. The van der Waals surface area contributed by atoms with Crippen molar-refractivity contribution in [3.8, 4) is 5.75 Å². The number of ether oxygens (including phenoxy) is 1. The van der Waals surface area contributed by atoms with Gasteiger partial charge in [0.2, 0.25) is 0 Å². The molecule has 1 saturated heterocycles. The molecule has 4 rings (SSSR count). The largest absolute Gasteiger partial charge is 0.496 e. The molecule has 1 heterocycles. The van der Waals surface area contributed by atoms with E-state index in [0.717, 1.165) is 47.5 Å². The summed E-state index contributed by atoms with van der Waals surface area (Å²) in [5.41, 5.74) is 2.94. The van der Waals surface area contributed by atoms with Crippen molar-refractivity contribution in [1.82, 2.24) is 5.32 Å². The van der Waals surface area contributed by atoms with Crippen LogP contribution in [0.3, 0.4) is 0 Å². The first-order valence-electron chi connectivity index (χ1n) is 9.53. The summed E-state index contributed by atoms with van der Waals surface area (Å²) in [5.74, 6) is 1.11. The van der Waals surface area contributed by atoms with Crippen LogP contribution in [0.25, 0.3) is 0 Å². The molecule has 1 N–H and O–H groups in total. The van der Waals surface area contributed by atoms with Crippen LogP contribution in [-0.2, 0) is 11.2 Å². The number of allylic oxidation sites excluding steroid dienone is 1. The predicted molar refractivity (Wildman–Crippen MR) is 120 cm³/mol. The first-order valence-corrected chi connectivity index (χ1v) is 10.8. The smallest absolute Gasteiger partial charge is 0.155 e. The third-order valence-corrected chi connectivity index (χ3v) is 6.27. The van der Waals surface area contributed by atoms with Crippen molar-refractivity contribution in [3.05, 3.63) is 70.2 Å². The number of hydrogen-bond donors (Lipinski definition) is 2. The van der Waals surface area contributed by atoms with Crippen LogP contribution < -0.4 is 10.1 Å². The van der Waals surface area contributed by atoms with E-state index in [-0.39, 0.29) is 5.41 Å². The van der Waals surface area contributed by atoms with Crippen LogP contribution >= 0.6 is 28.6 Å². The molecule has 5 heteroatoms. The number of fused-ring (bicyclic) bond motifs is 1. The van der Waals surface area contributed by atoms with E-state index in [4.69, 9.17) is 4.74 Å². The van der Waals surface area contributed by atoms with E-state index < -0.39 is 0 Å². The molecule has 2 aromatic carbocycles. The number of thiol groups is 1. The number of carbonyl (C=O) groups is 1. The molecule has 0 aromatic heterocycles. The van der Waals surface area contributed by atoms with Crippen LogP contribution in [0.4, 0.5) is 0 Å². The fraction of sp³-hybridized carbons (Fsp3) is 0.348. The highest BCUT2D eigenvalue weighted by Gasteiger charge is 2.39. The molecular weight excluding hydrogens is 434 g/mol. The van der Waals surface area contributed by atoms with Crippen LogP contribution in [0.1, 0.15) is 24.8 Å². The Morgan fingerprint density at radius 2 is 1.96 bits per heavy atom. The molecule has 2 aliphatic rings. The molecule has 0 radical (unpaired) electrons. The Hall–Kier alpha value is -1.56. The van der Waals surface area contributed by atoms with E-state index in [1.807, 2.05) is 24.3 Å². The Kier molecular flexibility index (Phi) is 7.38. The van der Waals surface area contributed by atoms with Crippen LogP contribution in [0.5, 0.6) is 5.75 Å². The van der Waals surface area contributed by atoms with E-state index in [1.54, 1.807) is 7.11 Å². The number of benzene rings is 2. The van der Waals surface area contributed by atoms with E-state index in [0.29, 0.717) is 12.2 Å². The number of hydrogen-bond acceptors (Lipinski definition) is 4. The number of rotatable bonds is 3. The normalized spacial score (nSPS) is 21.1. The van der Waals surface area contributed by atoms with E-state index in [1.165, 1.54) is 11.1 Å². The average Bonchev–Trinajstić information content (AvgIpc) is 2.70. The van der Waals surface area contributed by atoms with Crippen molar-refractivity contribution in [1.29, 1.82) is 0 Å². The molecule has 1 aliphatic carbocycles. The predicted octanol–water partition coefficient (Wildman–Crippen LogP) is 5.24. The number of carbonyl (C=O) groups excluding carboxylic acids is 1. The Bertz CT molecular complexity index is 853. The summed E-state index contributed by atoms with van der Waals surface area (Å²) in [6, 6.07) is 16.3. The Balaban J connectivity index is 0.000000192. The molecule has 148 valence electrons. The van der Waals surface area contributed by atoms with Crippen molar-refractivity contribution in [2.75, 3.05) is 20.2 Å². The third-order valence-electron chi connectivity index (χ3n) is 5.43. The van der Waals surface area contributed by atoms with Gasteiger partial charge in [0.25, 0.3) is 0 Å². The molecule has 1 unspecified atom stereocenters. The second kappa shape index (κ2) is 9.77. The van der Waals surface area contributed by atoms with Gasteiger partial charge in [-0.3, -0.25) is 4.79 Å². The maximum Gasteiger partial charge on any atom is 0.155 e. The first-order chi connectivity index (χ1) is 13.5. The summed E-state index contributed by atoms with van der Waals surface area (Å²) in [6.45, 7) is 2.02. The van der Waals surface area contributed by atoms with Gasteiger partial charge in [-0.25, -0.2) is 0 Å². The molecule has 0 saturated carbocycles. The van der Waals surface area contributed by atoms with Crippen molar-refractivity contribution < 1.29 is 9.53 Å². The summed E-state index contributed by atoms with van der Waals surface area (Å²) in [4.78, 5) is 12.5. The second-order valence-corrected chi connectivity index (χ2v) is 8.72. The minimum Gasteiger partial charge on any atom is -0.496 e. The van der Waals surface area contributed by atoms with Gasteiger partial charge in [-0.05, 0) is 55.6 Å². The number of methoxy groups -OCH3 is 1. The van der Waals surface area contributed by atoms with Crippen molar-refractivity contribution in [2.24, 2.45) is 5.41 Å². The number of piperidine rings is 1. The highest BCUT2D eigenvalue weighted by Crippen LogP contribution is 2.42. The van der Waals surface area contributed by atoms with Crippen LogP contribution in [-0.4, -0.2) is 26.0 Å². The van der Waals surface area contributed by atoms with Gasteiger partial charge in [0.05, 0.1) is 7.11 Å². The van der Waals surface area contributed by atoms with Crippen LogP contribution in [0.2, 0.25) is 0 Å². The maximum absolute atomic E-state index is 11.6. The SMILES string of the molecule is COc1ccc(Br)cc1S.O=C1C=C2CCNCC2(Cc2ccccc2)CC1. The van der Waals surface area contributed by atoms with Gasteiger partial charge < -0.3 is 10.1 Å². The van der Waals surface area contributed by atoms with Crippen molar-refractivity contribution >= 4 is 34.3 Å². The van der Waals surface area contributed by atoms with Gasteiger partial charge in [-0.2, -0.15) is 0 Å². The summed E-state index contributed by atoms with van der Waals surface area (Å²) < 4.78 is 6.02. The van der Waals surface area contributed by atoms with Gasteiger partial charge in [-0.1, -0.05) is 51.8 Å². The minimum atomic E-state index is 0.188. The minimum absolute atomic E-state index is 0.188. The lowest BCUT2D eigenvalue weighted by atomic mass is 9.66. The maximum atomic E-state index is 11.6. The zero-order chi connectivity index (χ0) is 20.0. The fourth-order valence-electron chi connectivity index (χ4n) is 3.95. The monoisotopic (exact) mass is 459 g/mol. The summed E-state index contributed by atoms with van der Waals surface area (Å²) in [6.07, 6.45) is 5.71. The van der Waals surface area contributed by atoms with E-state index in [2.05, 4.69) is 64.2 Å². The summed E-state index contributed by atoms with van der Waals surface area (Å²) in [5, 5.41) is 3.51. The number of ketones is 1. The Labute approximate surface area is 181 Å². The molecule has 1 fully saturated rings. The van der Waals surface area contributed by atoms with Crippen LogP contribution in [0, 0.1) is 5.41 Å². The molecule has 0 bridgehead atoms. The molecular formula is C23H26BrNO2S. The zero-order valence-corrected chi connectivity index (χ0v) is 18.6. The second-order valence-electron chi connectivity index (χ2n) is 7.32. The summed E-state index contributed by atoms with van der Waals surface area (Å²) in [7, 11) is 1.63. The molecule has 0 spiro atoms. The third kappa shape index (κ3) is 5.28. The lowest BCUT2D eigenvalue weighted by Gasteiger charge is -2.42. The highest BCUT2D eigenvalue weighted by atomic mass is 79.9. The average molecular weight is 460 g/mol. The van der Waals surface area contributed by atoms with E-state index in [9.17, 15) is 4.79 Å². The summed E-state index contributed by atoms with van der Waals surface area (Å²) >= 11 is 7.51. The van der Waals surface area contributed by atoms with Gasteiger partial charge in [-0.15, -0.1) is 12.6 Å². The Morgan fingerprint density at radius 3 is 2.68 bits per heavy atom. The Morgan fingerprint density at radius 1 is 1.18 bits per heavy atom. The number of nitrogens with one attached hydrogen (secondary N) is 1. The number of halogens is 1. The zero-order valence-electron chi connectivity index (χ0n) is 16.1. The molecule has 28 heavy (non-hydrogen) atoms.